The molecule has 1 aromatic rings. The molecule has 22 heavy (non-hydrogen) atoms. The number of carboxylic acids is 1. The molecule has 0 saturated heterocycles. The maximum absolute atomic E-state index is 10.5. The fourth-order valence-electron chi connectivity index (χ4n) is 2.59. The average molecular weight is 306 g/mol. The fourth-order valence-corrected chi connectivity index (χ4v) is 2.59. The average Bonchev–Trinajstić information content (AvgIpc) is 2.43. The van der Waals surface area contributed by atoms with Crippen LogP contribution in [0.3, 0.4) is 0 Å². The monoisotopic (exact) mass is 306 g/mol. The van der Waals surface area contributed by atoms with Crippen LogP contribution in [0.5, 0.6) is 5.75 Å². The smallest absolute Gasteiger partial charge is 0.303 e. The first kappa shape index (κ1) is 16.6. The standard InChI is InChI=1S/C17H26N2O3/c1-12(18-8-4-5-16(20)21)9-13-6-7-15-14(10-13)19-11-17(2,3)22-15/h6-7,10,12,18-19H,4-5,8-9,11H2,1-3H3,(H,20,21). The molecule has 1 aliphatic rings. The topological polar surface area (TPSA) is 70.6 Å². The Morgan fingerprint density at radius 1 is 1.50 bits per heavy atom. The minimum Gasteiger partial charge on any atom is -0.484 e. The van der Waals surface area contributed by atoms with Gasteiger partial charge in [-0.15, -0.1) is 0 Å². The van der Waals surface area contributed by atoms with Crippen molar-refractivity contribution in [3.8, 4) is 5.75 Å². The lowest BCUT2D eigenvalue weighted by molar-refractivity contribution is -0.137. The number of ether oxygens (including phenoxy) is 1. The van der Waals surface area contributed by atoms with Crippen molar-refractivity contribution in [1.82, 2.24) is 5.32 Å². The summed E-state index contributed by atoms with van der Waals surface area (Å²) in [7, 11) is 0. The van der Waals surface area contributed by atoms with Gasteiger partial charge < -0.3 is 20.5 Å². The van der Waals surface area contributed by atoms with Gasteiger partial charge in [-0.1, -0.05) is 6.07 Å². The number of aliphatic carboxylic acids is 1. The zero-order valence-corrected chi connectivity index (χ0v) is 13.6. The summed E-state index contributed by atoms with van der Waals surface area (Å²) in [6, 6.07) is 6.57. The van der Waals surface area contributed by atoms with Gasteiger partial charge in [0.15, 0.2) is 0 Å². The minimum atomic E-state index is -0.738. The molecule has 1 aromatic carbocycles. The van der Waals surface area contributed by atoms with Crippen LogP contribution in [0.15, 0.2) is 18.2 Å². The number of carboxylic acid groups (broad SMARTS) is 1. The summed E-state index contributed by atoms with van der Waals surface area (Å²) >= 11 is 0. The van der Waals surface area contributed by atoms with Gasteiger partial charge in [-0.2, -0.15) is 0 Å². The van der Waals surface area contributed by atoms with E-state index >= 15 is 0 Å². The van der Waals surface area contributed by atoms with E-state index in [0.717, 1.165) is 30.9 Å². The third-order valence-corrected chi connectivity index (χ3v) is 3.74. The molecule has 0 spiro atoms. The predicted molar refractivity (Wildman–Crippen MR) is 87.7 cm³/mol. The molecule has 0 radical (unpaired) electrons. The van der Waals surface area contributed by atoms with Gasteiger partial charge in [-0.25, -0.2) is 0 Å². The molecule has 2 rings (SSSR count). The molecule has 0 bridgehead atoms. The Morgan fingerprint density at radius 2 is 2.27 bits per heavy atom. The molecule has 0 fully saturated rings. The Hall–Kier alpha value is -1.75. The van der Waals surface area contributed by atoms with Gasteiger partial charge in [0.1, 0.15) is 11.4 Å². The van der Waals surface area contributed by atoms with Crippen molar-refractivity contribution in [2.75, 3.05) is 18.4 Å². The molecule has 0 aromatic heterocycles. The Balaban J connectivity index is 1.85. The van der Waals surface area contributed by atoms with Crippen molar-refractivity contribution in [2.24, 2.45) is 0 Å². The molecular weight excluding hydrogens is 280 g/mol. The summed E-state index contributed by atoms with van der Waals surface area (Å²) in [5.74, 6) is 0.167. The first-order valence-electron chi connectivity index (χ1n) is 7.87. The molecule has 5 nitrogen and oxygen atoms in total. The lowest BCUT2D eigenvalue weighted by Crippen LogP contribution is -2.40. The van der Waals surface area contributed by atoms with Crippen LogP contribution in [0.4, 0.5) is 5.69 Å². The fraction of sp³-hybridized carbons (Fsp3) is 0.588. The van der Waals surface area contributed by atoms with Gasteiger partial charge >= 0.3 is 5.97 Å². The van der Waals surface area contributed by atoms with Crippen molar-refractivity contribution < 1.29 is 14.6 Å². The van der Waals surface area contributed by atoms with E-state index in [1.165, 1.54) is 5.56 Å². The molecule has 1 atom stereocenters. The molecule has 0 amide bonds. The van der Waals surface area contributed by atoms with E-state index in [1.54, 1.807) is 0 Å². The lowest BCUT2D eigenvalue weighted by atomic mass is 10.0. The van der Waals surface area contributed by atoms with Gasteiger partial charge in [0.2, 0.25) is 0 Å². The maximum atomic E-state index is 10.5. The van der Waals surface area contributed by atoms with Crippen LogP contribution in [0.2, 0.25) is 0 Å². The Labute approximate surface area is 132 Å². The number of anilines is 1. The van der Waals surface area contributed by atoms with E-state index in [9.17, 15) is 4.79 Å². The van der Waals surface area contributed by atoms with E-state index in [2.05, 4.69) is 43.5 Å². The number of hydrogen-bond acceptors (Lipinski definition) is 4. The SMILES string of the molecule is CC(Cc1ccc2c(c1)NCC(C)(C)O2)NCCCC(=O)O. The molecule has 1 aliphatic heterocycles. The molecule has 3 N–H and O–H groups in total. The highest BCUT2D eigenvalue weighted by atomic mass is 16.5. The first-order chi connectivity index (χ1) is 10.4. The summed E-state index contributed by atoms with van der Waals surface area (Å²) in [6.07, 6.45) is 1.79. The molecule has 0 saturated carbocycles. The molecule has 122 valence electrons. The summed E-state index contributed by atoms with van der Waals surface area (Å²) < 4.78 is 5.95. The highest BCUT2D eigenvalue weighted by Gasteiger charge is 2.26. The predicted octanol–water partition coefficient (Wildman–Crippen LogP) is 2.65. The van der Waals surface area contributed by atoms with Crippen LogP contribution in [0.1, 0.15) is 39.2 Å². The second-order valence-electron chi connectivity index (χ2n) is 6.60. The van der Waals surface area contributed by atoms with Gasteiger partial charge in [-0.3, -0.25) is 4.79 Å². The summed E-state index contributed by atoms with van der Waals surface area (Å²) in [5, 5.41) is 15.4. The Bertz CT molecular complexity index is 529. The second kappa shape index (κ2) is 7.01. The number of benzene rings is 1. The van der Waals surface area contributed by atoms with Crippen LogP contribution in [-0.4, -0.2) is 35.8 Å². The molecule has 1 unspecified atom stereocenters. The van der Waals surface area contributed by atoms with E-state index in [1.807, 2.05) is 6.07 Å². The van der Waals surface area contributed by atoms with Crippen molar-refractivity contribution in [3.63, 3.8) is 0 Å². The van der Waals surface area contributed by atoms with Gasteiger partial charge in [0.25, 0.3) is 0 Å². The minimum absolute atomic E-state index is 0.173. The molecule has 1 heterocycles. The largest absolute Gasteiger partial charge is 0.484 e. The van der Waals surface area contributed by atoms with Crippen LogP contribution >= 0.6 is 0 Å². The van der Waals surface area contributed by atoms with Crippen LogP contribution in [0, 0.1) is 0 Å². The third-order valence-electron chi connectivity index (χ3n) is 3.74. The van der Waals surface area contributed by atoms with E-state index in [0.29, 0.717) is 12.5 Å². The zero-order chi connectivity index (χ0) is 16.2. The first-order valence-corrected chi connectivity index (χ1v) is 7.87. The highest BCUT2D eigenvalue weighted by molar-refractivity contribution is 5.66. The normalized spacial score (nSPS) is 17.0. The highest BCUT2D eigenvalue weighted by Crippen LogP contribution is 2.33. The lowest BCUT2D eigenvalue weighted by Gasteiger charge is -2.33. The van der Waals surface area contributed by atoms with Gasteiger partial charge in [0.05, 0.1) is 12.2 Å². The Morgan fingerprint density at radius 3 is 3.00 bits per heavy atom. The van der Waals surface area contributed by atoms with Crippen LogP contribution in [-0.2, 0) is 11.2 Å². The van der Waals surface area contributed by atoms with Gasteiger partial charge in [0, 0.05) is 12.5 Å². The molecule has 0 aliphatic carbocycles. The van der Waals surface area contributed by atoms with Crippen molar-refractivity contribution >= 4 is 11.7 Å². The van der Waals surface area contributed by atoms with E-state index in [-0.39, 0.29) is 12.0 Å². The number of fused-ring (bicyclic) bond motifs is 1. The van der Waals surface area contributed by atoms with Crippen molar-refractivity contribution in [2.45, 2.75) is 51.7 Å². The van der Waals surface area contributed by atoms with E-state index < -0.39 is 5.97 Å². The summed E-state index contributed by atoms with van der Waals surface area (Å²) in [4.78, 5) is 10.5. The van der Waals surface area contributed by atoms with Crippen LogP contribution in [0.25, 0.3) is 0 Å². The van der Waals surface area contributed by atoms with E-state index in [4.69, 9.17) is 9.84 Å². The second-order valence-corrected chi connectivity index (χ2v) is 6.60. The van der Waals surface area contributed by atoms with Crippen LogP contribution < -0.4 is 15.4 Å². The zero-order valence-electron chi connectivity index (χ0n) is 13.6. The van der Waals surface area contributed by atoms with Crippen molar-refractivity contribution in [3.05, 3.63) is 23.8 Å². The number of hydrogen-bond donors (Lipinski definition) is 3. The number of rotatable bonds is 7. The number of carbonyl (C=O) groups is 1. The third kappa shape index (κ3) is 4.91. The number of nitrogens with one attached hydrogen (secondary N) is 2. The quantitative estimate of drug-likeness (QED) is 0.676. The van der Waals surface area contributed by atoms with Gasteiger partial charge in [-0.05, 0) is 57.9 Å². The molecule has 5 heteroatoms. The maximum Gasteiger partial charge on any atom is 0.303 e. The summed E-state index contributed by atoms with van der Waals surface area (Å²) in [6.45, 7) is 7.79. The van der Waals surface area contributed by atoms with Crippen molar-refractivity contribution in [1.29, 1.82) is 0 Å². The molecular formula is C17H26N2O3. The summed E-state index contributed by atoms with van der Waals surface area (Å²) in [5.41, 5.74) is 2.12. The Kier molecular flexibility index (Phi) is 5.29.